The van der Waals surface area contributed by atoms with E-state index in [0.29, 0.717) is 30.6 Å². The number of hydrogen-bond donors (Lipinski definition) is 1. The molecule has 1 aromatic heterocycles. The van der Waals surface area contributed by atoms with Crippen LogP contribution >= 0.6 is 11.8 Å². The van der Waals surface area contributed by atoms with Crippen molar-refractivity contribution in [2.45, 2.75) is 44.4 Å². The highest BCUT2D eigenvalue weighted by atomic mass is 32.2. The van der Waals surface area contributed by atoms with Crippen molar-refractivity contribution >= 4 is 23.4 Å². The molecular formula is C18H18F3N3OS. The van der Waals surface area contributed by atoms with Crippen LogP contribution < -0.4 is 5.32 Å². The van der Waals surface area contributed by atoms with Gasteiger partial charge in [-0.3, -0.25) is 4.79 Å². The largest absolute Gasteiger partial charge is 0.433 e. The number of anilines is 1. The number of aromatic nitrogens is 2. The van der Waals surface area contributed by atoms with E-state index in [1.807, 2.05) is 32.0 Å². The Balaban J connectivity index is 1.72. The molecule has 0 aliphatic heterocycles. The molecule has 1 aliphatic carbocycles. The molecule has 138 valence electrons. The molecule has 0 unspecified atom stereocenters. The summed E-state index contributed by atoms with van der Waals surface area (Å²) in [7, 11) is 0. The first-order valence-corrected chi connectivity index (χ1v) is 9.19. The Morgan fingerprint density at radius 3 is 2.73 bits per heavy atom. The van der Waals surface area contributed by atoms with Crippen LogP contribution in [0.5, 0.6) is 0 Å². The first kappa shape index (κ1) is 18.7. The van der Waals surface area contributed by atoms with Crippen molar-refractivity contribution in [2.24, 2.45) is 0 Å². The lowest BCUT2D eigenvalue weighted by Crippen LogP contribution is -2.17. The smallest absolute Gasteiger partial charge is 0.325 e. The Labute approximate surface area is 153 Å². The predicted octanol–water partition coefficient (Wildman–Crippen LogP) is 4.33. The van der Waals surface area contributed by atoms with Crippen LogP contribution in [0.4, 0.5) is 18.9 Å². The van der Waals surface area contributed by atoms with Gasteiger partial charge in [-0.2, -0.15) is 13.2 Å². The fourth-order valence-corrected chi connectivity index (χ4v) is 3.56. The molecule has 0 saturated carbocycles. The molecule has 0 radical (unpaired) electrons. The highest BCUT2D eigenvalue weighted by Gasteiger charge is 2.38. The lowest BCUT2D eigenvalue weighted by atomic mass is 10.1. The second-order valence-corrected chi connectivity index (χ2v) is 7.23. The lowest BCUT2D eigenvalue weighted by molar-refractivity contribution is -0.142. The van der Waals surface area contributed by atoms with Gasteiger partial charge in [0.1, 0.15) is 0 Å². The van der Waals surface area contributed by atoms with Crippen LogP contribution in [-0.2, 0) is 23.8 Å². The van der Waals surface area contributed by atoms with Crippen molar-refractivity contribution in [1.82, 2.24) is 9.97 Å². The molecule has 0 saturated heterocycles. The van der Waals surface area contributed by atoms with Gasteiger partial charge in [-0.05, 0) is 50.3 Å². The first-order valence-electron chi connectivity index (χ1n) is 8.21. The second kappa shape index (κ2) is 7.26. The van der Waals surface area contributed by atoms with Crippen LogP contribution in [0.2, 0.25) is 0 Å². The molecular weight excluding hydrogens is 363 g/mol. The molecule has 1 aromatic carbocycles. The normalized spacial score (nSPS) is 13.6. The zero-order valence-electron chi connectivity index (χ0n) is 14.4. The molecule has 1 amide bonds. The Hall–Kier alpha value is -2.09. The van der Waals surface area contributed by atoms with Crippen molar-refractivity contribution in [3.8, 4) is 0 Å². The van der Waals surface area contributed by atoms with E-state index in [2.05, 4.69) is 15.3 Å². The molecule has 1 aliphatic rings. The van der Waals surface area contributed by atoms with Gasteiger partial charge in [-0.1, -0.05) is 23.9 Å². The highest BCUT2D eigenvalue weighted by Crippen LogP contribution is 2.36. The van der Waals surface area contributed by atoms with Gasteiger partial charge < -0.3 is 5.32 Å². The molecule has 0 bridgehead atoms. The van der Waals surface area contributed by atoms with E-state index in [1.165, 1.54) is 0 Å². The molecule has 2 aromatic rings. The van der Waals surface area contributed by atoms with Gasteiger partial charge in [0.15, 0.2) is 10.9 Å². The van der Waals surface area contributed by atoms with E-state index in [-0.39, 0.29) is 22.4 Å². The van der Waals surface area contributed by atoms with E-state index in [9.17, 15) is 18.0 Å². The van der Waals surface area contributed by atoms with Crippen molar-refractivity contribution in [1.29, 1.82) is 0 Å². The summed E-state index contributed by atoms with van der Waals surface area (Å²) < 4.78 is 39.6. The summed E-state index contributed by atoms with van der Waals surface area (Å²) in [5, 5.41) is 2.78. The van der Waals surface area contributed by atoms with Gasteiger partial charge >= 0.3 is 6.18 Å². The third kappa shape index (κ3) is 4.17. The fraction of sp³-hybridized carbons (Fsp3) is 0.389. The van der Waals surface area contributed by atoms with Crippen molar-refractivity contribution in [3.63, 3.8) is 0 Å². The fourth-order valence-electron chi connectivity index (χ4n) is 2.90. The van der Waals surface area contributed by atoms with Crippen LogP contribution in [0.15, 0.2) is 23.4 Å². The topological polar surface area (TPSA) is 54.9 Å². The van der Waals surface area contributed by atoms with Gasteiger partial charge in [0, 0.05) is 16.9 Å². The van der Waals surface area contributed by atoms with Gasteiger partial charge in [-0.25, -0.2) is 9.97 Å². The average molecular weight is 381 g/mol. The van der Waals surface area contributed by atoms with E-state index in [1.54, 1.807) is 0 Å². The number of nitrogens with zero attached hydrogens (tertiary/aromatic N) is 2. The third-order valence-electron chi connectivity index (χ3n) is 4.18. The Morgan fingerprint density at radius 2 is 2.00 bits per heavy atom. The minimum absolute atomic E-state index is 0.00547. The molecule has 1 heterocycles. The maximum absolute atomic E-state index is 13.2. The molecule has 8 heteroatoms. The Bertz CT molecular complexity index is 852. The molecule has 0 atom stereocenters. The number of hydrogen-bond acceptors (Lipinski definition) is 4. The summed E-state index contributed by atoms with van der Waals surface area (Å²) in [5.74, 6) is -0.356. The summed E-state index contributed by atoms with van der Waals surface area (Å²) in [4.78, 5) is 20.0. The number of benzene rings is 1. The highest BCUT2D eigenvalue weighted by molar-refractivity contribution is 7.99. The summed E-state index contributed by atoms with van der Waals surface area (Å²) in [6.07, 6.45) is -2.99. The zero-order chi connectivity index (χ0) is 18.9. The molecule has 4 nitrogen and oxygen atoms in total. The van der Waals surface area contributed by atoms with Crippen molar-refractivity contribution < 1.29 is 18.0 Å². The summed E-state index contributed by atoms with van der Waals surface area (Å²) in [5.41, 5.74) is 2.41. The SMILES string of the molecule is Cc1ccc(C)c(NC(=O)CSc2nc3c(c(C(F)(F)F)n2)CCC3)c1. The van der Waals surface area contributed by atoms with Gasteiger partial charge in [0.05, 0.1) is 5.75 Å². The van der Waals surface area contributed by atoms with Crippen LogP contribution in [0.1, 0.15) is 34.5 Å². The van der Waals surface area contributed by atoms with Gasteiger partial charge in [-0.15, -0.1) is 0 Å². The average Bonchev–Trinajstić information content (AvgIpc) is 3.03. The minimum Gasteiger partial charge on any atom is -0.325 e. The Kier molecular flexibility index (Phi) is 5.22. The number of halogens is 3. The number of thioether (sulfide) groups is 1. The minimum atomic E-state index is -4.51. The van der Waals surface area contributed by atoms with E-state index in [0.717, 1.165) is 22.9 Å². The van der Waals surface area contributed by atoms with Gasteiger partial charge in [0.25, 0.3) is 0 Å². The number of carbonyl (C=O) groups excluding carboxylic acids is 1. The molecule has 26 heavy (non-hydrogen) atoms. The van der Waals surface area contributed by atoms with E-state index < -0.39 is 11.9 Å². The van der Waals surface area contributed by atoms with E-state index >= 15 is 0 Å². The molecule has 1 N–H and O–H groups in total. The maximum Gasteiger partial charge on any atom is 0.433 e. The molecule has 0 fully saturated rings. The third-order valence-corrected chi connectivity index (χ3v) is 5.03. The predicted molar refractivity (Wildman–Crippen MR) is 94.3 cm³/mol. The maximum atomic E-state index is 13.2. The number of alkyl halides is 3. The summed E-state index contributed by atoms with van der Waals surface area (Å²) >= 11 is 0.920. The molecule has 3 rings (SSSR count). The second-order valence-electron chi connectivity index (χ2n) is 6.29. The monoisotopic (exact) mass is 381 g/mol. The van der Waals surface area contributed by atoms with Crippen LogP contribution in [0, 0.1) is 13.8 Å². The van der Waals surface area contributed by atoms with Crippen molar-refractivity contribution in [3.05, 3.63) is 46.3 Å². The zero-order valence-corrected chi connectivity index (χ0v) is 15.2. The van der Waals surface area contributed by atoms with Crippen LogP contribution in [-0.4, -0.2) is 21.6 Å². The van der Waals surface area contributed by atoms with Crippen LogP contribution in [0.3, 0.4) is 0 Å². The van der Waals surface area contributed by atoms with Crippen molar-refractivity contribution in [2.75, 3.05) is 11.1 Å². The van der Waals surface area contributed by atoms with E-state index in [4.69, 9.17) is 0 Å². The standard InChI is InChI=1S/C18H18F3N3OS/c1-10-6-7-11(2)14(8-10)22-15(25)9-26-17-23-13-5-3-4-12(13)16(24-17)18(19,20)21/h6-8H,3-5,9H2,1-2H3,(H,22,25). The lowest BCUT2D eigenvalue weighted by Gasteiger charge is -2.12. The molecule has 0 spiro atoms. The summed E-state index contributed by atoms with van der Waals surface area (Å²) in [6, 6.07) is 5.69. The number of amides is 1. The quantitative estimate of drug-likeness (QED) is 0.633. The first-order chi connectivity index (χ1) is 12.2. The van der Waals surface area contributed by atoms with Crippen LogP contribution in [0.25, 0.3) is 0 Å². The number of fused-ring (bicyclic) bond motifs is 1. The Morgan fingerprint density at radius 1 is 1.23 bits per heavy atom. The number of aryl methyl sites for hydroxylation is 3. The number of carbonyl (C=O) groups is 1. The number of nitrogens with one attached hydrogen (secondary N) is 1. The summed E-state index contributed by atoms with van der Waals surface area (Å²) in [6.45, 7) is 3.79. The van der Waals surface area contributed by atoms with Gasteiger partial charge in [0.2, 0.25) is 5.91 Å². The number of rotatable bonds is 4.